The number of rotatable bonds is 4. The second-order valence-corrected chi connectivity index (χ2v) is 5.20. The van der Waals surface area contributed by atoms with Gasteiger partial charge < -0.3 is 19.8 Å². The van der Waals surface area contributed by atoms with Gasteiger partial charge in [-0.1, -0.05) is 6.07 Å². The van der Waals surface area contributed by atoms with Gasteiger partial charge in [-0.25, -0.2) is 4.98 Å². The van der Waals surface area contributed by atoms with Crippen LogP contribution in [0.4, 0.5) is 5.69 Å². The molecule has 1 heterocycles. The zero-order chi connectivity index (χ0) is 15.7. The Bertz CT molecular complexity index is 824. The fourth-order valence-electron chi connectivity index (χ4n) is 2.60. The van der Waals surface area contributed by atoms with Crippen LogP contribution >= 0.6 is 0 Å². The number of ether oxygens (including phenoxy) is 2. The van der Waals surface area contributed by atoms with Crippen molar-refractivity contribution in [3.63, 3.8) is 0 Å². The third-order valence-corrected chi connectivity index (χ3v) is 3.81. The normalized spacial score (nSPS) is 10.9. The van der Waals surface area contributed by atoms with E-state index < -0.39 is 0 Å². The van der Waals surface area contributed by atoms with Gasteiger partial charge in [0.1, 0.15) is 5.82 Å². The predicted octanol–water partition coefficient (Wildman–Crippen LogP) is 2.76. The molecule has 0 unspecified atom stereocenters. The van der Waals surface area contributed by atoms with Crippen molar-refractivity contribution in [1.29, 1.82) is 0 Å². The first-order chi connectivity index (χ1) is 10.6. The number of nitrogens with two attached hydrogens (primary N) is 1. The molecular weight excluding hydrogens is 278 g/mol. The van der Waals surface area contributed by atoms with Gasteiger partial charge in [0.25, 0.3) is 0 Å². The maximum absolute atomic E-state index is 5.83. The quantitative estimate of drug-likeness (QED) is 0.752. The van der Waals surface area contributed by atoms with Crippen LogP contribution in [0.3, 0.4) is 0 Å². The molecule has 114 valence electrons. The zero-order valence-electron chi connectivity index (χ0n) is 13.0. The molecular formula is C17H19N3O2. The summed E-state index contributed by atoms with van der Waals surface area (Å²) in [5.41, 5.74) is 9.65. The third kappa shape index (κ3) is 2.45. The monoisotopic (exact) mass is 297 g/mol. The van der Waals surface area contributed by atoms with E-state index in [1.807, 2.05) is 43.4 Å². The largest absolute Gasteiger partial charge is 0.493 e. The number of aryl methyl sites for hydroxylation is 1. The van der Waals surface area contributed by atoms with Crippen molar-refractivity contribution in [2.45, 2.75) is 6.42 Å². The summed E-state index contributed by atoms with van der Waals surface area (Å²) in [4.78, 5) is 4.68. The molecule has 3 rings (SSSR count). The Labute approximate surface area is 129 Å². The highest BCUT2D eigenvalue weighted by atomic mass is 16.5. The molecule has 1 aromatic heterocycles. The van der Waals surface area contributed by atoms with Crippen LogP contribution in [0.5, 0.6) is 11.5 Å². The summed E-state index contributed by atoms with van der Waals surface area (Å²) >= 11 is 0. The van der Waals surface area contributed by atoms with E-state index in [1.54, 1.807) is 14.2 Å². The predicted molar refractivity (Wildman–Crippen MR) is 87.5 cm³/mol. The van der Waals surface area contributed by atoms with E-state index in [9.17, 15) is 0 Å². The molecule has 0 fully saturated rings. The molecule has 0 radical (unpaired) electrons. The van der Waals surface area contributed by atoms with E-state index in [1.165, 1.54) is 0 Å². The van der Waals surface area contributed by atoms with E-state index in [4.69, 9.17) is 15.2 Å². The van der Waals surface area contributed by atoms with Crippen LogP contribution in [-0.4, -0.2) is 23.8 Å². The maximum Gasteiger partial charge on any atom is 0.161 e. The van der Waals surface area contributed by atoms with Gasteiger partial charge in [0.2, 0.25) is 0 Å². The Hall–Kier alpha value is -2.69. The maximum atomic E-state index is 5.83. The highest BCUT2D eigenvalue weighted by Crippen LogP contribution is 2.29. The molecule has 2 aromatic carbocycles. The Morgan fingerprint density at radius 1 is 1.05 bits per heavy atom. The minimum Gasteiger partial charge on any atom is -0.493 e. The van der Waals surface area contributed by atoms with E-state index in [-0.39, 0.29) is 0 Å². The van der Waals surface area contributed by atoms with Gasteiger partial charge in [0, 0.05) is 19.2 Å². The second kappa shape index (κ2) is 5.60. The number of nitrogen functional groups attached to an aromatic ring is 1. The van der Waals surface area contributed by atoms with Gasteiger partial charge >= 0.3 is 0 Å². The molecule has 0 spiro atoms. The molecule has 0 aliphatic heterocycles. The lowest BCUT2D eigenvalue weighted by Gasteiger charge is -2.09. The lowest BCUT2D eigenvalue weighted by Crippen LogP contribution is -2.00. The summed E-state index contributed by atoms with van der Waals surface area (Å²) in [6.45, 7) is 0. The second-order valence-electron chi connectivity index (χ2n) is 5.20. The molecule has 0 saturated carbocycles. The van der Waals surface area contributed by atoms with Crippen LogP contribution in [0.1, 0.15) is 11.4 Å². The van der Waals surface area contributed by atoms with E-state index in [0.717, 1.165) is 39.6 Å². The molecule has 0 atom stereocenters. The van der Waals surface area contributed by atoms with Crippen LogP contribution in [0.2, 0.25) is 0 Å². The Morgan fingerprint density at radius 2 is 1.82 bits per heavy atom. The smallest absolute Gasteiger partial charge is 0.161 e. The molecule has 0 aliphatic carbocycles. The highest BCUT2D eigenvalue weighted by molar-refractivity contribution is 5.79. The number of hydrogen-bond donors (Lipinski definition) is 1. The summed E-state index contributed by atoms with van der Waals surface area (Å²) in [6.07, 6.45) is 0.714. The van der Waals surface area contributed by atoms with Crippen molar-refractivity contribution < 1.29 is 9.47 Å². The fourth-order valence-corrected chi connectivity index (χ4v) is 2.60. The first-order valence-electron chi connectivity index (χ1n) is 7.04. The SMILES string of the molecule is COc1ccc(Cc2nc3cc(N)ccc3n2C)cc1OC. The number of benzene rings is 2. The van der Waals surface area contributed by atoms with Crippen molar-refractivity contribution in [3.05, 3.63) is 47.8 Å². The van der Waals surface area contributed by atoms with Crippen LogP contribution < -0.4 is 15.2 Å². The molecule has 0 aliphatic rings. The third-order valence-electron chi connectivity index (χ3n) is 3.81. The average molecular weight is 297 g/mol. The zero-order valence-corrected chi connectivity index (χ0v) is 13.0. The van der Waals surface area contributed by atoms with Gasteiger partial charge in [0.15, 0.2) is 11.5 Å². The Balaban J connectivity index is 1.97. The minimum atomic E-state index is 0.714. The summed E-state index contributed by atoms with van der Waals surface area (Å²) in [5.74, 6) is 2.43. The lowest BCUT2D eigenvalue weighted by atomic mass is 10.1. The number of methoxy groups -OCH3 is 2. The Morgan fingerprint density at radius 3 is 2.55 bits per heavy atom. The number of imidazole rings is 1. The van der Waals surface area contributed by atoms with Crippen LogP contribution in [0.15, 0.2) is 36.4 Å². The van der Waals surface area contributed by atoms with E-state index in [2.05, 4.69) is 9.55 Å². The minimum absolute atomic E-state index is 0.714. The van der Waals surface area contributed by atoms with Gasteiger partial charge in [-0.3, -0.25) is 0 Å². The Kier molecular flexibility index (Phi) is 3.63. The van der Waals surface area contributed by atoms with Crippen LogP contribution in [0.25, 0.3) is 11.0 Å². The average Bonchev–Trinajstić information content (AvgIpc) is 2.82. The van der Waals surface area contributed by atoms with Gasteiger partial charge in [-0.05, 0) is 35.9 Å². The summed E-state index contributed by atoms with van der Waals surface area (Å²) in [5, 5.41) is 0. The summed E-state index contributed by atoms with van der Waals surface area (Å²) < 4.78 is 12.7. The van der Waals surface area contributed by atoms with Gasteiger partial charge in [0.05, 0.1) is 25.3 Å². The molecule has 0 amide bonds. The molecule has 3 aromatic rings. The van der Waals surface area contributed by atoms with Crippen molar-refractivity contribution >= 4 is 16.7 Å². The van der Waals surface area contributed by atoms with Crippen molar-refractivity contribution in [3.8, 4) is 11.5 Å². The molecule has 2 N–H and O–H groups in total. The topological polar surface area (TPSA) is 62.3 Å². The first-order valence-corrected chi connectivity index (χ1v) is 7.04. The molecule has 5 nitrogen and oxygen atoms in total. The molecule has 22 heavy (non-hydrogen) atoms. The first kappa shape index (κ1) is 14.3. The van der Waals surface area contributed by atoms with Gasteiger partial charge in [-0.15, -0.1) is 0 Å². The number of nitrogens with zero attached hydrogens (tertiary/aromatic N) is 2. The molecule has 5 heteroatoms. The highest BCUT2D eigenvalue weighted by Gasteiger charge is 2.11. The van der Waals surface area contributed by atoms with Crippen molar-refractivity contribution in [2.75, 3.05) is 20.0 Å². The van der Waals surface area contributed by atoms with E-state index in [0.29, 0.717) is 6.42 Å². The summed E-state index contributed by atoms with van der Waals surface area (Å²) in [6, 6.07) is 11.7. The molecule has 0 saturated heterocycles. The number of aromatic nitrogens is 2. The van der Waals surface area contributed by atoms with Crippen molar-refractivity contribution in [2.24, 2.45) is 7.05 Å². The number of fused-ring (bicyclic) bond motifs is 1. The van der Waals surface area contributed by atoms with Crippen LogP contribution in [-0.2, 0) is 13.5 Å². The molecule has 0 bridgehead atoms. The van der Waals surface area contributed by atoms with Crippen molar-refractivity contribution in [1.82, 2.24) is 9.55 Å². The standard InChI is InChI=1S/C17H19N3O2/c1-20-14-6-5-12(18)10-13(14)19-17(20)9-11-4-7-15(21-2)16(8-11)22-3/h4-8,10H,9,18H2,1-3H3. The van der Waals surface area contributed by atoms with E-state index >= 15 is 0 Å². The number of anilines is 1. The fraction of sp³-hybridized carbons (Fsp3) is 0.235. The lowest BCUT2D eigenvalue weighted by molar-refractivity contribution is 0.354. The van der Waals surface area contributed by atoms with Gasteiger partial charge in [-0.2, -0.15) is 0 Å². The summed E-state index contributed by atoms with van der Waals surface area (Å²) in [7, 11) is 5.29. The number of hydrogen-bond acceptors (Lipinski definition) is 4. The van der Waals surface area contributed by atoms with Crippen LogP contribution in [0, 0.1) is 0 Å².